The number of anilines is 1. The third kappa shape index (κ3) is 3.40. The van der Waals surface area contributed by atoms with Crippen molar-refractivity contribution < 1.29 is 8.42 Å². The molecule has 4 heteroatoms. The molecule has 0 spiro atoms. The standard InChI is InChI=1S/C16H15NO2S/c1-14-8-6-7-11-16(14)17(20(2,18)19)13-12-15-9-4-3-5-10-15/h3-11H,1-2H3. The maximum absolute atomic E-state index is 11.9. The average molecular weight is 285 g/mol. The third-order valence-electron chi connectivity index (χ3n) is 2.74. The highest BCUT2D eigenvalue weighted by Crippen LogP contribution is 2.21. The summed E-state index contributed by atoms with van der Waals surface area (Å²) in [5.41, 5.74) is 2.22. The molecule has 0 aliphatic carbocycles. The van der Waals surface area contributed by atoms with Crippen molar-refractivity contribution in [1.29, 1.82) is 0 Å². The molecule has 2 aromatic rings. The lowest BCUT2D eigenvalue weighted by Gasteiger charge is -2.17. The van der Waals surface area contributed by atoms with Crippen molar-refractivity contribution in [1.82, 2.24) is 0 Å². The molecule has 0 saturated carbocycles. The van der Waals surface area contributed by atoms with E-state index in [0.717, 1.165) is 21.7 Å². The van der Waals surface area contributed by atoms with Crippen LogP contribution in [0.1, 0.15) is 11.1 Å². The fourth-order valence-electron chi connectivity index (χ4n) is 1.75. The Morgan fingerprint density at radius 3 is 2.15 bits per heavy atom. The Bertz CT molecular complexity index is 756. The summed E-state index contributed by atoms with van der Waals surface area (Å²) in [6.07, 6.45) is 1.15. The van der Waals surface area contributed by atoms with Crippen molar-refractivity contribution in [2.75, 3.05) is 10.6 Å². The van der Waals surface area contributed by atoms with E-state index in [9.17, 15) is 8.42 Å². The van der Waals surface area contributed by atoms with Gasteiger partial charge >= 0.3 is 0 Å². The smallest absolute Gasteiger partial charge is 0.206 e. The Kier molecular flexibility index (Phi) is 4.11. The molecule has 0 aromatic heterocycles. The van der Waals surface area contributed by atoms with E-state index in [4.69, 9.17) is 0 Å². The summed E-state index contributed by atoms with van der Waals surface area (Å²) in [5, 5.41) is 0. The highest BCUT2D eigenvalue weighted by atomic mass is 32.2. The minimum absolute atomic E-state index is 0.582. The lowest BCUT2D eigenvalue weighted by molar-refractivity contribution is 0.602. The van der Waals surface area contributed by atoms with E-state index < -0.39 is 10.0 Å². The lowest BCUT2D eigenvalue weighted by Crippen LogP contribution is -2.25. The van der Waals surface area contributed by atoms with Crippen molar-refractivity contribution in [3.63, 3.8) is 0 Å². The number of aryl methyl sites for hydroxylation is 1. The van der Waals surface area contributed by atoms with Crippen molar-refractivity contribution in [2.24, 2.45) is 0 Å². The van der Waals surface area contributed by atoms with Gasteiger partial charge in [0.05, 0.1) is 11.9 Å². The van der Waals surface area contributed by atoms with Crippen LogP contribution in [0.5, 0.6) is 0 Å². The number of benzene rings is 2. The predicted molar refractivity (Wildman–Crippen MR) is 81.8 cm³/mol. The fraction of sp³-hybridized carbons (Fsp3) is 0.125. The van der Waals surface area contributed by atoms with Crippen LogP contribution < -0.4 is 4.31 Å². The van der Waals surface area contributed by atoms with Crippen LogP contribution in [0.15, 0.2) is 54.6 Å². The number of para-hydroxylation sites is 1. The van der Waals surface area contributed by atoms with Crippen molar-refractivity contribution in [2.45, 2.75) is 6.92 Å². The van der Waals surface area contributed by atoms with E-state index in [0.29, 0.717) is 5.69 Å². The molecule has 0 bridgehead atoms. The molecule has 0 radical (unpaired) electrons. The molecule has 102 valence electrons. The molecule has 2 rings (SSSR count). The lowest BCUT2D eigenvalue weighted by atomic mass is 10.2. The first-order chi connectivity index (χ1) is 9.48. The summed E-state index contributed by atoms with van der Waals surface area (Å²) >= 11 is 0. The fourth-order valence-corrected chi connectivity index (χ4v) is 2.52. The quantitative estimate of drug-likeness (QED) is 0.628. The Hall–Kier alpha value is -2.25. The molecule has 0 aliphatic rings. The summed E-state index contributed by atoms with van der Waals surface area (Å²) in [5.74, 6) is 2.87. The minimum atomic E-state index is -3.45. The van der Waals surface area contributed by atoms with Gasteiger partial charge in [-0.3, -0.25) is 0 Å². The second-order valence-corrected chi connectivity index (χ2v) is 6.25. The molecular weight excluding hydrogens is 270 g/mol. The predicted octanol–water partition coefficient (Wildman–Crippen LogP) is 2.77. The molecule has 0 atom stereocenters. The van der Waals surface area contributed by atoms with Crippen LogP contribution in [-0.2, 0) is 10.0 Å². The molecule has 0 unspecified atom stereocenters. The Morgan fingerprint density at radius 1 is 0.950 bits per heavy atom. The highest BCUT2D eigenvalue weighted by Gasteiger charge is 2.16. The maximum Gasteiger partial charge on any atom is 0.243 e. The second kappa shape index (κ2) is 5.81. The van der Waals surface area contributed by atoms with E-state index in [1.54, 1.807) is 12.1 Å². The van der Waals surface area contributed by atoms with Gasteiger partial charge in [-0.25, -0.2) is 8.42 Å². The topological polar surface area (TPSA) is 37.4 Å². The summed E-state index contributed by atoms with van der Waals surface area (Å²) in [6.45, 7) is 1.86. The van der Waals surface area contributed by atoms with Crippen LogP contribution in [0.25, 0.3) is 0 Å². The minimum Gasteiger partial charge on any atom is -0.206 e. The summed E-state index contributed by atoms with van der Waals surface area (Å²) < 4.78 is 25.0. The van der Waals surface area contributed by atoms with Crippen LogP contribution in [0.2, 0.25) is 0 Å². The van der Waals surface area contributed by atoms with Crippen LogP contribution >= 0.6 is 0 Å². The van der Waals surface area contributed by atoms with Crippen LogP contribution in [-0.4, -0.2) is 14.7 Å². The van der Waals surface area contributed by atoms with Crippen molar-refractivity contribution >= 4 is 15.7 Å². The molecule has 0 amide bonds. The number of nitrogens with zero attached hydrogens (tertiary/aromatic N) is 1. The van der Waals surface area contributed by atoms with Gasteiger partial charge in [0.2, 0.25) is 10.0 Å². The summed E-state index contributed by atoms with van der Waals surface area (Å²) in [7, 11) is -3.45. The SMILES string of the molecule is Cc1ccccc1N(C#Cc1ccccc1)S(C)(=O)=O. The number of hydrogen-bond donors (Lipinski definition) is 0. The number of sulfonamides is 1. The van der Waals surface area contributed by atoms with Gasteiger partial charge in [-0.15, -0.1) is 0 Å². The molecule has 0 N–H and O–H groups in total. The third-order valence-corrected chi connectivity index (χ3v) is 3.69. The zero-order chi connectivity index (χ0) is 14.6. The average Bonchev–Trinajstić information content (AvgIpc) is 2.41. The molecule has 20 heavy (non-hydrogen) atoms. The van der Waals surface area contributed by atoms with Gasteiger partial charge in [-0.2, -0.15) is 4.31 Å². The van der Waals surface area contributed by atoms with E-state index in [-0.39, 0.29) is 0 Å². The first-order valence-electron chi connectivity index (χ1n) is 6.11. The molecular formula is C16H15NO2S. The Labute approximate surface area is 119 Å². The Balaban J connectivity index is 2.47. The molecule has 0 fully saturated rings. The summed E-state index contributed by atoms with van der Waals surface area (Å²) in [6, 6.07) is 19.3. The molecule has 0 heterocycles. The molecule has 3 nitrogen and oxygen atoms in total. The first kappa shape index (κ1) is 14.2. The van der Waals surface area contributed by atoms with Crippen LogP contribution in [0.4, 0.5) is 5.69 Å². The van der Waals surface area contributed by atoms with Gasteiger partial charge in [0.25, 0.3) is 0 Å². The van der Waals surface area contributed by atoms with Crippen molar-refractivity contribution in [3.05, 3.63) is 65.7 Å². The second-order valence-electron chi connectivity index (χ2n) is 4.42. The number of hydrogen-bond acceptors (Lipinski definition) is 2. The van der Waals surface area contributed by atoms with Gasteiger partial charge in [-0.05, 0) is 36.6 Å². The molecule has 0 saturated heterocycles. The van der Waals surface area contributed by atoms with E-state index in [1.165, 1.54) is 0 Å². The largest absolute Gasteiger partial charge is 0.243 e. The van der Waals surface area contributed by atoms with Gasteiger partial charge in [-0.1, -0.05) is 36.4 Å². The van der Waals surface area contributed by atoms with Gasteiger partial charge < -0.3 is 0 Å². The first-order valence-corrected chi connectivity index (χ1v) is 7.96. The number of rotatable bonds is 2. The Morgan fingerprint density at radius 2 is 1.55 bits per heavy atom. The highest BCUT2D eigenvalue weighted by molar-refractivity contribution is 7.92. The van der Waals surface area contributed by atoms with Gasteiger partial charge in [0.1, 0.15) is 0 Å². The normalized spacial score (nSPS) is 10.5. The zero-order valence-electron chi connectivity index (χ0n) is 11.4. The van der Waals surface area contributed by atoms with Gasteiger partial charge in [0.15, 0.2) is 0 Å². The van der Waals surface area contributed by atoms with E-state index in [1.807, 2.05) is 49.4 Å². The zero-order valence-corrected chi connectivity index (χ0v) is 12.2. The van der Waals surface area contributed by atoms with Gasteiger partial charge in [0, 0.05) is 11.6 Å². The van der Waals surface area contributed by atoms with E-state index >= 15 is 0 Å². The summed E-state index contributed by atoms with van der Waals surface area (Å²) in [4.78, 5) is 0. The van der Waals surface area contributed by atoms with Crippen molar-refractivity contribution in [3.8, 4) is 12.0 Å². The van der Waals surface area contributed by atoms with Crippen LogP contribution in [0.3, 0.4) is 0 Å². The monoisotopic (exact) mass is 285 g/mol. The molecule has 2 aromatic carbocycles. The van der Waals surface area contributed by atoms with Crippen LogP contribution in [0, 0.1) is 18.9 Å². The molecule has 0 aliphatic heterocycles. The van der Waals surface area contributed by atoms with E-state index in [2.05, 4.69) is 12.0 Å². The maximum atomic E-state index is 11.9.